The average Bonchev–Trinajstić information content (AvgIpc) is 2.21. The van der Waals surface area contributed by atoms with E-state index in [1.807, 2.05) is 6.92 Å². The second-order valence-electron chi connectivity index (χ2n) is 3.16. The summed E-state index contributed by atoms with van der Waals surface area (Å²) < 4.78 is 12.8. The highest BCUT2D eigenvalue weighted by atomic mass is 79.9. The molecule has 82 valence electrons. The number of alkyl halides is 1. The van der Waals surface area contributed by atoms with Gasteiger partial charge in [0, 0.05) is 16.9 Å². The first-order valence-corrected chi connectivity index (χ1v) is 5.86. The Morgan fingerprint density at radius 3 is 2.87 bits per heavy atom. The van der Waals surface area contributed by atoms with Crippen LogP contribution in [0, 0.1) is 5.82 Å². The summed E-state index contributed by atoms with van der Waals surface area (Å²) >= 11 is 8.81. The van der Waals surface area contributed by atoms with Gasteiger partial charge in [0.05, 0.1) is 5.02 Å². The molecule has 0 aliphatic rings. The average molecular weight is 295 g/mol. The van der Waals surface area contributed by atoms with Gasteiger partial charge in [-0.1, -0.05) is 27.5 Å². The van der Waals surface area contributed by atoms with Crippen molar-refractivity contribution in [2.75, 3.05) is 5.33 Å². The summed E-state index contributed by atoms with van der Waals surface area (Å²) in [7, 11) is 0. The van der Waals surface area contributed by atoms with Crippen LogP contribution in [0.5, 0.6) is 0 Å². The minimum absolute atomic E-state index is 0.0151. The molecule has 1 aromatic rings. The summed E-state index contributed by atoms with van der Waals surface area (Å²) in [5.41, 5.74) is 0.356. The van der Waals surface area contributed by atoms with E-state index in [1.54, 1.807) is 0 Å². The lowest BCUT2D eigenvalue weighted by molar-refractivity contribution is 0.0944. The zero-order valence-electron chi connectivity index (χ0n) is 8.06. The number of rotatable bonds is 3. The predicted molar refractivity (Wildman–Crippen MR) is 62.1 cm³/mol. The summed E-state index contributed by atoms with van der Waals surface area (Å²) in [4.78, 5) is 11.6. The van der Waals surface area contributed by atoms with Crippen LogP contribution in [0.3, 0.4) is 0 Å². The molecule has 0 aliphatic carbocycles. The van der Waals surface area contributed by atoms with E-state index in [2.05, 4.69) is 21.2 Å². The summed E-state index contributed by atoms with van der Waals surface area (Å²) in [5.74, 6) is -0.786. The molecular weight excluding hydrogens is 284 g/mol. The minimum Gasteiger partial charge on any atom is -0.349 e. The molecule has 0 fully saturated rings. The third-order valence-electron chi connectivity index (χ3n) is 1.79. The molecule has 5 heteroatoms. The molecule has 0 aliphatic heterocycles. The maximum absolute atomic E-state index is 12.8. The molecule has 1 atom stereocenters. The Morgan fingerprint density at radius 1 is 1.67 bits per heavy atom. The standard InChI is InChI=1S/C10H10BrClFNO/c1-6(5-11)14-10(15)7-2-3-9(13)8(12)4-7/h2-4,6H,5H2,1H3,(H,14,15). The van der Waals surface area contributed by atoms with Gasteiger partial charge in [0.2, 0.25) is 0 Å². The Balaban J connectivity index is 2.78. The molecule has 0 radical (unpaired) electrons. The first-order valence-electron chi connectivity index (χ1n) is 4.36. The maximum Gasteiger partial charge on any atom is 0.251 e. The Bertz CT molecular complexity index is 372. The quantitative estimate of drug-likeness (QED) is 0.853. The third kappa shape index (κ3) is 3.47. The van der Waals surface area contributed by atoms with Gasteiger partial charge >= 0.3 is 0 Å². The van der Waals surface area contributed by atoms with Gasteiger partial charge in [-0.05, 0) is 25.1 Å². The smallest absolute Gasteiger partial charge is 0.251 e. The molecule has 2 nitrogen and oxygen atoms in total. The van der Waals surface area contributed by atoms with Crippen LogP contribution in [0.4, 0.5) is 4.39 Å². The van der Waals surface area contributed by atoms with Crippen LogP contribution < -0.4 is 5.32 Å². The molecule has 1 amide bonds. The summed E-state index contributed by atoms with van der Waals surface area (Å²) in [5, 5.41) is 3.34. The second kappa shape index (κ2) is 5.47. The molecule has 0 bridgehead atoms. The van der Waals surface area contributed by atoms with Crippen molar-refractivity contribution in [3.8, 4) is 0 Å². The van der Waals surface area contributed by atoms with Crippen molar-refractivity contribution in [2.45, 2.75) is 13.0 Å². The monoisotopic (exact) mass is 293 g/mol. The van der Waals surface area contributed by atoms with E-state index in [0.29, 0.717) is 10.9 Å². The predicted octanol–water partition coefficient (Wildman–Crippen LogP) is 2.99. The molecule has 1 unspecified atom stereocenters. The highest BCUT2D eigenvalue weighted by Crippen LogP contribution is 2.15. The van der Waals surface area contributed by atoms with Crippen LogP contribution in [-0.2, 0) is 0 Å². The third-order valence-corrected chi connectivity index (χ3v) is 3.05. The maximum atomic E-state index is 12.8. The van der Waals surface area contributed by atoms with Crippen LogP contribution >= 0.6 is 27.5 Å². The zero-order valence-corrected chi connectivity index (χ0v) is 10.4. The van der Waals surface area contributed by atoms with Gasteiger partial charge in [-0.2, -0.15) is 0 Å². The molecule has 0 heterocycles. The topological polar surface area (TPSA) is 29.1 Å². The van der Waals surface area contributed by atoms with Crippen molar-refractivity contribution >= 4 is 33.4 Å². The minimum atomic E-state index is -0.526. The van der Waals surface area contributed by atoms with Crippen LogP contribution in [0.25, 0.3) is 0 Å². The molecule has 1 rings (SSSR count). The highest BCUT2D eigenvalue weighted by Gasteiger charge is 2.10. The molecule has 0 saturated heterocycles. The number of amides is 1. The molecule has 1 aromatic carbocycles. The fraction of sp³-hybridized carbons (Fsp3) is 0.300. The van der Waals surface area contributed by atoms with E-state index in [9.17, 15) is 9.18 Å². The number of hydrogen-bond acceptors (Lipinski definition) is 1. The largest absolute Gasteiger partial charge is 0.349 e. The first kappa shape index (κ1) is 12.5. The Hall–Kier alpha value is -0.610. The van der Waals surface area contributed by atoms with Gasteiger partial charge in [0.1, 0.15) is 5.82 Å². The van der Waals surface area contributed by atoms with Crippen molar-refractivity contribution in [1.29, 1.82) is 0 Å². The van der Waals surface area contributed by atoms with Gasteiger partial charge in [-0.25, -0.2) is 4.39 Å². The highest BCUT2D eigenvalue weighted by molar-refractivity contribution is 9.09. The summed E-state index contributed by atoms with van der Waals surface area (Å²) in [6, 6.07) is 3.90. The lowest BCUT2D eigenvalue weighted by Gasteiger charge is -2.10. The number of nitrogens with one attached hydrogen (secondary N) is 1. The Morgan fingerprint density at radius 2 is 2.33 bits per heavy atom. The van der Waals surface area contributed by atoms with Crippen molar-refractivity contribution in [1.82, 2.24) is 5.32 Å². The van der Waals surface area contributed by atoms with Gasteiger partial charge in [-0.3, -0.25) is 4.79 Å². The zero-order chi connectivity index (χ0) is 11.4. The number of halogens is 3. The fourth-order valence-corrected chi connectivity index (χ4v) is 1.33. The van der Waals surface area contributed by atoms with Crippen LogP contribution in [0.2, 0.25) is 5.02 Å². The lowest BCUT2D eigenvalue weighted by Crippen LogP contribution is -2.33. The molecule has 0 spiro atoms. The normalized spacial score (nSPS) is 12.3. The van der Waals surface area contributed by atoms with E-state index in [-0.39, 0.29) is 17.0 Å². The van der Waals surface area contributed by atoms with E-state index in [4.69, 9.17) is 11.6 Å². The molecule has 0 saturated carbocycles. The number of carbonyl (C=O) groups is 1. The number of carbonyl (C=O) groups excluding carboxylic acids is 1. The first-order chi connectivity index (χ1) is 7.04. The van der Waals surface area contributed by atoms with E-state index in [0.717, 1.165) is 0 Å². The Kier molecular flexibility index (Phi) is 4.54. The van der Waals surface area contributed by atoms with E-state index < -0.39 is 5.82 Å². The van der Waals surface area contributed by atoms with Gasteiger partial charge in [-0.15, -0.1) is 0 Å². The summed E-state index contributed by atoms with van der Waals surface area (Å²) in [6.07, 6.45) is 0. The molecular formula is C10H10BrClFNO. The van der Waals surface area contributed by atoms with Crippen molar-refractivity contribution < 1.29 is 9.18 Å². The van der Waals surface area contributed by atoms with Crippen molar-refractivity contribution in [3.63, 3.8) is 0 Å². The number of benzene rings is 1. The van der Waals surface area contributed by atoms with Gasteiger partial charge in [0.15, 0.2) is 0 Å². The van der Waals surface area contributed by atoms with Gasteiger partial charge in [0.25, 0.3) is 5.91 Å². The van der Waals surface area contributed by atoms with Crippen LogP contribution in [0.1, 0.15) is 17.3 Å². The molecule has 15 heavy (non-hydrogen) atoms. The fourth-order valence-electron chi connectivity index (χ4n) is 0.983. The van der Waals surface area contributed by atoms with Crippen LogP contribution in [-0.4, -0.2) is 17.3 Å². The summed E-state index contributed by atoms with van der Waals surface area (Å²) in [6.45, 7) is 1.86. The van der Waals surface area contributed by atoms with Crippen molar-refractivity contribution in [2.24, 2.45) is 0 Å². The number of hydrogen-bond donors (Lipinski definition) is 1. The molecule has 0 aromatic heterocycles. The Labute approximate surface area is 101 Å². The molecule has 1 N–H and O–H groups in total. The SMILES string of the molecule is CC(CBr)NC(=O)c1ccc(F)c(Cl)c1. The lowest BCUT2D eigenvalue weighted by atomic mass is 10.2. The van der Waals surface area contributed by atoms with Crippen LogP contribution in [0.15, 0.2) is 18.2 Å². The van der Waals surface area contributed by atoms with E-state index >= 15 is 0 Å². The van der Waals surface area contributed by atoms with E-state index in [1.165, 1.54) is 18.2 Å². The van der Waals surface area contributed by atoms with Crippen molar-refractivity contribution in [3.05, 3.63) is 34.6 Å². The van der Waals surface area contributed by atoms with Gasteiger partial charge < -0.3 is 5.32 Å². The second-order valence-corrected chi connectivity index (χ2v) is 4.21.